The molecule has 1 N–H and O–H groups in total. The van der Waals surface area contributed by atoms with Crippen molar-refractivity contribution in [2.24, 2.45) is 0 Å². The maximum absolute atomic E-state index is 13.9. The van der Waals surface area contributed by atoms with Gasteiger partial charge in [-0.2, -0.15) is 10.5 Å². The molecule has 24 nitrogen and oxygen atoms in total. The number of carbonyl (C=O) groups is 5. The molecule has 2 saturated heterocycles. The van der Waals surface area contributed by atoms with Gasteiger partial charge >= 0.3 is 0 Å². The lowest BCUT2D eigenvalue weighted by atomic mass is 9.70. The topological polar surface area (TPSA) is 265 Å². The summed E-state index contributed by atoms with van der Waals surface area (Å²) in [5.74, 6) is 2.90. The largest absolute Gasteiger partial charge is 0.507 e. The van der Waals surface area contributed by atoms with Gasteiger partial charge in [-0.15, -0.1) is 0 Å². The van der Waals surface area contributed by atoms with Crippen LogP contribution in [-0.4, -0.2) is 183 Å². The minimum absolute atomic E-state index is 0.00229. The lowest BCUT2D eigenvalue weighted by Gasteiger charge is -2.60. The van der Waals surface area contributed by atoms with E-state index in [1.54, 1.807) is 90.8 Å². The van der Waals surface area contributed by atoms with E-state index in [0.717, 1.165) is 55.6 Å². The quantitative estimate of drug-likeness (QED) is 0.0799. The van der Waals surface area contributed by atoms with Gasteiger partial charge in [-0.25, -0.2) is 0 Å². The second-order valence-electron chi connectivity index (χ2n) is 27.1. The number of phenols is 1. The molecule has 10 heterocycles. The van der Waals surface area contributed by atoms with Gasteiger partial charge in [0.1, 0.15) is 23.6 Å². The van der Waals surface area contributed by atoms with E-state index in [2.05, 4.69) is 43.9 Å². The van der Waals surface area contributed by atoms with E-state index >= 15 is 0 Å². The van der Waals surface area contributed by atoms with Crippen LogP contribution in [0.3, 0.4) is 0 Å². The van der Waals surface area contributed by atoms with Gasteiger partial charge in [0.15, 0.2) is 59.6 Å². The van der Waals surface area contributed by atoms with Gasteiger partial charge in [-0.1, -0.05) is 36.4 Å². The fourth-order valence-corrected chi connectivity index (χ4v) is 18.3. The van der Waals surface area contributed by atoms with Crippen LogP contribution in [-0.2, 0) is 46.4 Å². The van der Waals surface area contributed by atoms with Gasteiger partial charge in [0.2, 0.25) is 13.6 Å². The average molecular weight is 1350 g/mol. The SMILES string of the molecule is COCOc1c(OC)c(C)cc2c1[C@@H]1[C@@H]3Cc4c(CC(C)=O)c(C)c5c(c4[C@H](CN4C(=O)c6ccccc6C4=O)N3[C@@H](C#N)[C@H](C2)N1C)OCO5.COCOc1c(OC)c(C)cc2c1[C@@H]1[C@@H]3Cc4c(O)c(C)c5c(c4[C@H](CN4C(=O)c6ccccc6C4=O)N3[C@@H](C#N)[C@H](C2)N1C)OCO5. The Bertz CT molecular complexity index is 4490. The van der Waals surface area contributed by atoms with Crippen molar-refractivity contribution < 1.29 is 76.4 Å². The number of aryl methyl sites for hydroxylation is 2. The first-order chi connectivity index (χ1) is 47.8. The molecular weight excluding hydrogens is 1270 g/mol. The molecule has 512 valence electrons. The molecule has 16 rings (SSSR count). The van der Waals surface area contributed by atoms with Gasteiger partial charge in [0.25, 0.3) is 23.6 Å². The molecule has 24 heteroatoms. The summed E-state index contributed by atoms with van der Waals surface area (Å²) in [6, 6.07) is 18.7. The number of aromatic hydroxyl groups is 1. The number of carbonyl (C=O) groups excluding carboxylic acids is 5. The highest BCUT2D eigenvalue weighted by Crippen LogP contribution is 2.61. The molecule has 0 spiro atoms. The van der Waals surface area contributed by atoms with Crippen LogP contribution in [0.4, 0.5) is 0 Å². The van der Waals surface area contributed by atoms with Crippen molar-refractivity contribution in [3.05, 3.63) is 155 Å². The van der Waals surface area contributed by atoms with Gasteiger partial charge in [0.05, 0.1) is 72.8 Å². The minimum atomic E-state index is -0.691. The number of nitrogens with zero attached hydrogens (tertiary/aromatic N) is 8. The third kappa shape index (κ3) is 9.68. The van der Waals surface area contributed by atoms with E-state index in [1.165, 1.54) is 9.80 Å². The van der Waals surface area contributed by atoms with E-state index in [-0.39, 0.29) is 106 Å². The van der Waals surface area contributed by atoms with Crippen LogP contribution < -0.4 is 37.9 Å². The van der Waals surface area contributed by atoms with Crippen molar-refractivity contribution in [1.82, 2.24) is 29.4 Å². The van der Waals surface area contributed by atoms with Gasteiger partial charge in [0, 0.05) is 91.3 Å². The number of rotatable bonds is 14. The Morgan fingerprint density at radius 3 is 1.33 bits per heavy atom. The third-order valence-corrected chi connectivity index (χ3v) is 22.3. The Hall–Kier alpha value is -9.79. The fraction of sp³-hybridized carbons (Fsp3) is 0.427. The number of Topliss-reactive ketones (excluding diaryl/α,β-unsaturated/α-hetero) is 1. The van der Waals surface area contributed by atoms with Crippen molar-refractivity contribution in [3.8, 4) is 63.9 Å². The van der Waals surface area contributed by atoms with Crippen LogP contribution in [0.2, 0.25) is 0 Å². The molecule has 99 heavy (non-hydrogen) atoms. The van der Waals surface area contributed by atoms with Crippen molar-refractivity contribution >= 4 is 29.4 Å². The molecule has 10 aliphatic heterocycles. The van der Waals surface area contributed by atoms with E-state index < -0.39 is 36.0 Å². The normalized spacial score (nSPS) is 24.8. The minimum Gasteiger partial charge on any atom is -0.507 e. The van der Waals surface area contributed by atoms with Crippen molar-refractivity contribution in [1.29, 1.82) is 10.5 Å². The van der Waals surface area contributed by atoms with Crippen molar-refractivity contribution in [2.75, 3.05) is 82.8 Å². The van der Waals surface area contributed by atoms with Gasteiger partial charge < -0.3 is 52.5 Å². The number of methoxy groups -OCH3 is 4. The molecule has 2 fully saturated rings. The molecule has 0 unspecified atom stereocenters. The summed E-state index contributed by atoms with van der Waals surface area (Å²) in [6.45, 7) is 9.17. The highest BCUT2D eigenvalue weighted by Gasteiger charge is 2.60. The number of hydrogen-bond donors (Lipinski definition) is 1. The molecule has 0 saturated carbocycles. The predicted molar refractivity (Wildman–Crippen MR) is 354 cm³/mol. The van der Waals surface area contributed by atoms with E-state index in [1.807, 2.05) is 34.9 Å². The molecule has 4 amide bonds. The second-order valence-corrected chi connectivity index (χ2v) is 27.1. The second kappa shape index (κ2) is 24.9. The number of benzene rings is 6. The molecule has 0 aromatic heterocycles. The number of hydrogen-bond acceptors (Lipinski definition) is 22. The maximum atomic E-state index is 13.9. The van der Waals surface area contributed by atoms with E-state index in [9.17, 15) is 39.6 Å². The first-order valence-electron chi connectivity index (χ1n) is 33.2. The summed E-state index contributed by atoms with van der Waals surface area (Å²) in [4.78, 5) is 79.7. The van der Waals surface area contributed by atoms with Crippen LogP contribution >= 0.6 is 0 Å². The molecule has 0 radical (unpaired) electrons. The number of piperazine rings is 2. The smallest absolute Gasteiger partial charge is 0.261 e. The summed E-state index contributed by atoms with van der Waals surface area (Å²) < 4.78 is 59.2. The Morgan fingerprint density at radius 1 is 0.545 bits per heavy atom. The van der Waals surface area contributed by atoms with Crippen LogP contribution in [0.5, 0.6) is 51.7 Å². The number of ketones is 1. The monoisotopic (exact) mass is 1340 g/mol. The lowest BCUT2D eigenvalue weighted by molar-refractivity contribution is -0.116. The van der Waals surface area contributed by atoms with Crippen LogP contribution in [0.1, 0.15) is 145 Å². The number of likely N-dealkylation sites (N-methyl/N-ethyl adjacent to an activating group) is 2. The molecular formula is C75H76N8O16. The third-order valence-electron chi connectivity index (χ3n) is 22.3. The molecule has 6 aromatic rings. The lowest BCUT2D eigenvalue weighted by Crippen LogP contribution is -2.69. The number of fused-ring (bicyclic) bond motifs is 20. The molecule has 0 aliphatic carbocycles. The average Bonchev–Trinajstić information content (AvgIpc) is 1.26. The maximum Gasteiger partial charge on any atom is 0.261 e. The highest BCUT2D eigenvalue weighted by atomic mass is 16.7. The number of imide groups is 2. The van der Waals surface area contributed by atoms with E-state index in [4.69, 9.17) is 47.4 Å². The number of nitriles is 2. The number of phenolic OH excluding ortho intramolecular Hbond substituents is 1. The van der Waals surface area contributed by atoms with Gasteiger partial charge in [-0.3, -0.25) is 53.4 Å². The summed E-state index contributed by atoms with van der Waals surface area (Å²) >= 11 is 0. The molecule has 6 aromatic carbocycles. The molecule has 10 atom stereocenters. The van der Waals surface area contributed by atoms with Gasteiger partial charge in [-0.05, 0) is 138 Å². The van der Waals surface area contributed by atoms with Crippen LogP contribution in [0, 0.1) is 50.4 Å². The zero-order chi connectivity index (χ0) is 69.5. The fourth-order valence-electron chi connectivity index (χ4n) is 18.3. The standard InChI is InChI=1S/C39H40N4O8.C36H36N4O8/c1-19-11-22-13-27-29(15-40)43-28(33(41(27)4)31(22)36(34(19)48-6)49-17-47-5)14-26-25(12-20(2)44)21(3)35-37(51-18-50-35)32(26)30(43)16-42-38(45)23-9-7-8-10-24(23)39(42)46;1-17-10-19-11-23-25(13-37)40-24(29(38(23)3)27(19)33(31(17)45-5)46-15-44-4)12-22-28(34-32(47-16-48-34)18(2)30(22)41)26(40)14-39-35(42)20-8-6-7-9-21(20)36(39)43/h7-11,27-30,33H,12-14,16-18H2,1-6H3;6-10,23-26,29,41H,11-12,14-16H2,1-5H3/t27-,28-,29-,30-,33-;23-,24-,25-,26-,29-/m00/s1. The van der Waals surface area contributed by atoms with Crippen LogP contribution in [0.25, 0.3) is 0 Å². The Morgan fingerprint density at radius 2 is 0.939 bits per heavy atom. The number of ether oxygens (including phenoxy) is 10. The first-order valence-corrected chi connectivity index (χ1v) is 33.2. The zero-order valence-electron chi connectivity index (χ0n) is 57.0. The summed E-state index contributed by atoms with van der Waals surface area (Å²) in [6.07, 6.45) is 2.12. The summed E-state index contributed by atoms with van der Waals surface area (Å²) in [7, 11) is 10.4. The summed E-state index contributed by atoms with van der Waals surface area (Å²) in [5, 5.41) is 33.8. The first kappa shape index (κ1) is 65.2. The Balaban J connectivity index is 0.000000162. The highest BCUT2D eigenvalue weighted by molar-refractivity contribution is 6.22. The Labute approximate surface area is 572 Å². The van der Waals surface area contributed by atoms with Crippen molar-refractivity contribution in [2.45, 2.75) is 127 Å². The van der Waals surface area contributed by atoms with Crippen LogP contribution in [0.15, 0.2) is 60.7 Å². The zero-order valence-corrected chi connectivity index (χ0v) is 57.0. The molecule has 10 aliphatic rings. The predicted octanol–water partition coefficient (Wildman–Crippen LogP) is 8.02. The van der Waals surface area contributed by atoms with Crippen molar-refractivity contribution in [3.63, 3.8) is 0 Å². The summed E-state index contributed by atoms with van der Waals surface area (Å²) in [5.41, 5.74) is 12.4. The Kier molecular flexibility index (Phi) is 16.4. The number of amides is 4. The van der Waals surface area contributed by atoms with E-state index in [0.29, 0.717) is 111 Å². The molecule has 4 bridgehead atoms.